The maximum Gasteiger partial charge on any atom is 0.320 e. The highest BCUT2D eigenvalue weighted by atomic mass is 16.6. The fourth-order valence-electron chi connectivity index (χ4n) is 2.43. The Morgan fingerprint density at radius 1 is 0.862 bits per heavy atom. The van der Waals surface area contributed by atoms with Crippen molar-refractivity contribution in [1.82, 2.24) is 0 Å². The van der Waals surface area contributed by atoms with Crippen LogP contribution in [0.15, 0.2) is 0 Å². The van der Waals surface area contributed by atoms with E-state index in [1.165, 1.54) is 6.92 Å². The third-order valence-corrected chi connectivity index (χ3v) is 3.92. The van der Waals surface area contributed by atoms with Crippen LogP contribution in [-0.2, 0) is 33.4 Å². The van der Waals surface area contributed by atoms with Crippen molar-refractivity contribution in [3.63, 3.8) is 0 Å². The first-order valence-electron chi connectivity index (χ1n) is 9.92. The molecule has 0 aliphatic rings. The van der Waals surface area contributed by atoms with E-state index >= 15 is 0 Å². The standard InChI is InChI=1S/C21H36O8/c1-9-14(12-13(2)16(22)23)17(24)27-11-10-15(18(25)28-20(3,4)5)19(26)29-21(6,7)8/h13-15H,9-12H2,1-8H3,(H,22,23). The van der Waals surface area contributed by atoms with Crippen molar-refractivity contribution in [1.29, 1.82) is 0 Å². The summed E-state index contributed by atoms with van der Waals surface area (Å²) in [6.45, 7) is 13.2. The molecule has 0 saturated heterocycles. The smallest absolute Gasteiger partial charge is 0.320 e. The predicted octanol–water partition coefficient (Wildman–Crippen LogP) is 3.36. The highest BCUT2D eigenvalue weighted by Crippen LogP contribution is 2.21. The Hall–Kier alpha value is -2.12. The number of aliphatic carboxylic acids is 1. The number of carbonyl (C=O) groups excluding carboxylic acids is 3. The first kappa shape index (κ1) is 26.9. The minimum absolute atomic E-state index is 0.0829. The van der Waals surface area contributed by atoms with Crippen molar-refractivity contribution in [2.75, 3.05) is 6.61 Å². The Morgan fingerprint density at radius 3 is 1.66 bits per heavy atom. The third kappa shape index (κ3) is 11.5. The Morgan fingerprint density at radius 2 is 1.31 bits per heavy atom. The predicted molar refractivity (Wildman–Crippen MR) is 106 cm³/mol. The molecule has 0 radical (unpaired) electrons. The average molecular weight is 417 g/mol. The molecule has 0 aromatic carbocycles. The number of rotatable bonds is 10. The van der Waals surface area contributed by atoms with Crippen molar-refractivity contribution in [3.8, 4) is 0 Å². The Bertz CT molecular complexity index is 554. The molecule has 0 spiro atoms. The second-order valence-corrected chi connectivity index (χ2v) is 9.16. The molecule has 29 heavy (non-hydrogen) atoms. The number of carboxylic acid groups (broad SMARTS) is 1. The molecule has 8 nitrogen and oxygen atoms in total. The van der Waals surface area contributed by atoms with Gasteiger partial charge in [0.1, 0.15) is 11.2 Å². The molecule has 0 amide bonds. The van der Waals surface area contributed by atoms with Gasteiger partial charge in [-0.3, -0.25) is 19.2 Å². The average Bonchev–Trinajstić information content (AvgIpc) is 2.52. The van der Waals surface area contributed by atoms with Crippen LogP contribution < -0.4 is 0 Å². The van der Waals surface area contributed by atoms with E-state index in [1.54, 1.807) is 48.5 Å². The Balaban J connectivity index is 5.03. The first-order chi connectivity index (χ1) is 13.1. The van der Waals surface area contributed by atoms with E-state index in [9.17, 15) is 19.2 Å². The van der Waals surface area contributed by atoms with E-state index in [-0.39, 0.29) is 19.4 Å². The van der Waals surface area contributed by atoms with Crippen LogP contribution in [0.4, 0.5) is 0 Å². The number of carboxylic acids is 1. The third-order valence-electron chi connectivity index (χ3n) is 3.92. The molecular formula is C21H36O8. The fourth-order valence-corrected chi connectivity index (χ4v) is 2.43. The zero-order valence-corrected chi connectivity index (χ0v) is 18.9. The van der Waals surface area contributed by atoms with Crippen molar-refractivity contribution in [3.05, 3.63) is 0 Å². The lowest BCUT2D eigenvalue weighted by Gasteiger charge is -2.26. The highest BCUT2D eigenvalue weighted by Gasteiger charge is 2.35. The molecule has 168 valence electrons. The van der Waals surface area contributed by atoms with Gasteiger partial charge in [-0.25, -0.2) is 0 Å². The molecule has 0 saturated carbocycles. The summed E-state index contributed by atoms with van der Waals surface area (Å²) in [7, 11) is 0. The lowest BCUT2D eigenvalue weighted by molar-refractivity contribution is -0.176. The molecule has 0 aliphatic carbocycles. The van der Waals surface area contributed by atoms with Crippen LogP contribution in [0.1, 0.15) is 74.7 Å². The zero-order chi connectivity index (χ0) is 23.0. The van der Waals surface area contributed by atoms with Crippen LogP contribution in [0.2, 0.25) is 0 Å². The molecule has 0 aliphatic heterocycles. The van der Waals surface area contributed by atoms with Gasteiger partial charge in [0.2, 0.25) is 0 Å². The largest absolute Gasteiger partial charge is 0.481 e. The number of ether oxygens (including phenoxy) is 3. The van der Waals surface area contributed by atoms with Crippen LogP contribution in [0.5, 0.6) is 0 Å². The van der Waals surface area contributed by atoms with Gasteiger partial charge in [-0.1, -0.05) is 13.8 Å². The molecule has 0 heterocycles. The molecule has 0 aromatic heterocycles. The zero-order valence-electron chi connectivity index (χ0n) is 18.9. The van der Waals surface area contributed by atoms with Gasteiger partial charge in [-0.2, -0.15) is 0 Å². The van der Waals surface area contributed by atoms with Gasteiger partial charge in [-0.05, 0) is 54.4 Å². The normalized spacial score (nSPS) is 14.1. The van der Waals surface area contributed by atoms with Crippen LogP contribution in [0.3, 0.4) is 0 Å². The molecule has 0 aromatic rings. The summed E-state index contributed by atoms with van der Waals surface area (Å²) < 4.78 is 15.8. The summed E-state index contributed by atoms with van der Waals surface area (Å²) in [5.41, 5.74) is -1.57. The maximum atomic E-state index is 12.4. The molecular weight excluding hydrogens is 380 g/mol. The van der Waals surface area contributed by atoms with E-state index in [0.717, 1.165) is 0 Å². The lowest BCUT2D eigenvalue weighted by Crippen LogP contribution is -2.37. The number of hydrogen-bond acceptors (Lipinski definition) is 7. The van der Waals surface area contributed by atoms with Crippen molar-refractivity contribution < 1.29 is 38.5 Å². The summed E-state index contributed by atoms with van der Waals surface area (Å²) in [5, 5.41) is 9.01. The van der Waals surface area contributed by atoms with Gasteiger partial charge in [0.25, 0.3) is 0 Å². The second-order valence-electron chi connectivity index (χ2n) is 9.16. The van der Waals surface area contributed by atoms with E-state index in [2.05, 4.69) is 0 Å². The number of hydrogen-bond donors (Lipinski definition) is 1. The highest BCUT2D eigenvalue weighted by molar-refractivity contribution is 5.95. The Labute approximate surface area is 173 Å². The number of esters is 3. The van der Waals surface area contributed by atoms with Crippen LogP contribution in [-0.4, -0.2) is 46.8 Å². The molecule has 1 N–H and O–H groups in total. The minimum atomic E-state index is -1.22. The number of carbonyl (C=O) groups is 4. The molecule has 2 unspecified atom stereocenters. The van der Waals surface area contributed by atoms with E-state index in [4.69, 9.17) is 19.3 Å². The Kier molecular flexibility index (Phi) is 10.3. The quantitative estimate of drug-likeness (QED) is 0.327. The SMILES string of the molecule is CCC(CC(C)C(=O)O)C(=O)OCCC(C(=O)OC(C)(C)C)C(=O)OC(C)(C)C. The van der Waals surface area contributed by atoms with Gasteiger partial charge in [0, 0.05) is 6.42 Å². The van der Waals surface area contributed by atoms with Gasteiger partial charge in [-0.15, -0.1) is 0 Å². The summed E-state index contributed by atoms with van der Waals surface area (Å²) >= 11 is 0. The van der Waals surface area contributed by atoms with E-state index in [1.807, 2.05) is 0 Å². The van der Waals surface area contributed by atoms with Crippen molar-refractivity contribution >= 4 is 23.9 Å². The maximum absolute atomic E-state index is 12.4. The monoisotopic (exact) mass is 416 g/mol. The van der Waals surface area contributed by atoms with Gasteiger partial charge in [0.05, 0.1) is 18.4 Å². The van der Waals surface area contributed by atoms with Gasteiger partial charge >= 0.3 is 23.9 Å². The second kappa shape index (κ2) is 11.2. The van der Waals surface area contributed by atoms with Crippen LogP contribution in [0, 0.1) is 17.8 Å². The van der Waals surface area contributed by atoms with Gasteiger partial charge in [0.15, 0.2) is 5.92 Å². The lowest BCUT2D eigenvalue weighted by atomic mass is 9.94. The summed E-state index contributed by atoms with van der Waals surface area (Å²) in [6.07, 6.45) is 0.505. The van der Waals surface area contributed by atoms with Crippen molar-refractivity contribution in [2.24, 2.45) is 17.8 Å². The van der Waals surface area contributed by atoms with E-state index < -0.39 is 52.8 Å². The molecule has 0 rings (SSSR count). The fraction of sp³-hybridized carbons (Fsp3) is 0.810. The molecule has 2 atom stereocenters. The summed E-state index contributed by atoms with van der Waals surface area (Å²) in [4.78, 5) is 48.2. The summed E-state index contributed by atoms with van der Waals surface area (Å²) in [5.74, 6) is -5.48. The molecule has 0 bridgehead atoms. The summed E-state index contributed by atoms with van der Waals surface area (Å²) in [6, 6.07) is 0. The molecule has 0 fully saturated rings. The van der Waals surface area contributed by atoms with Crippen molar-refractivity contribution in [2.45, 2.75) is 85.9 Å². The van der Waals surface area contributed by atoms with Crippen LogP contribution >= 0.6 is 0 Å². The topological polar surface area (TPSA) is 116 Å². The van der Waals surface area contributed by atoms with E-state index in [0.29, 0.717) is 6.42 Å². The first-order valence-corrected chi connectivity index (χ1v) is 9.92. The van der Waals surface area contributed by atoms with Gasteiger partial charge < -0.3 is 19.3 Å². The van der Waals surface area contributed by atoms with Crippen LogP contribution in [0.25, 0.3) is 0 Å². The minimum Gasteiger partial charge on any atom is -0.481 e. The molecule has 8 heteroatoms.